The number of aliphatic hydroxyl groups is 1. The van der Waals surface area contributed by atoms with Gasteiger partial charge in [0.25, 0.3) is 5.91 Å². The quantitative estimate of drug-likeness (QED) is 0.877. The minimum Gasteiger partial charge on any atom is -0.394 e. The van der Waals surface area contributed by atoms with Crippen molar-refractivity contribution in [3.05, 3.63) is 32.7 Å². The molecule has 88 valence electrons. The van der Waals surface area contributed by atoms with Crippen molar-refractivity contribution < 1.29 is 9.90 Å². The van der Waals surface area contributed by atoms with Crippen LogP contribution in [0, 0.1) is 0 Å². The second-order valence-corrected chi connectivity index (χ2v) is 5.25. The van der Waals surface area contributed by atoms with Crippen LogP contribution in [0.4, 0.5) is 0 Å². The summed E-state index contributed by atoms with van der Waals surface area (Å²) in [4.78, 5) is 11.8. The third-order valence-electron chi connectivity index (χ3n) is 2.17. The van der Waals surface area contributed by atoms with Crippen LogP contribution in [0.25, 0.3) is 0 Å². The first kappa shape index (κ1) is 13.7. The van der Waals surface area contributed by atoms with E-state index in [1.54, 1.807) is 12.1 Å². The summed E-state index contributed by atoms with van der Waals surface area (Å²) in [6, 6.07) is 5.15. The van der Waals surface area contributed by atoms with E-state index in [9.17, 15) is 4.79 Å². The first-order chi connectivity index (χ1) is 7.56. The molecule has 0 aliphatic carbocycles. The number of hydrogen-bond acceptors (Lipinski definition) is 2. The number of nitrogens with one attached hydrogen (secondary N) is 1. The monoisotopic (exact) mass is 349 g/mol. The smallest absolute Gasteiger partial charge is 0.251 e. The molecular formula is C11H13Br2NO2. The molecule has 1 rings (SSSR count). The van der Waals surface area contributed by atoms with E-state index in [1.807, 2.05) is 13.0 Å². The van der Waals surface area contributed by atoms with Crippen LogP contribution in [-0.2, 0) is 0 Å². The maximum atomic E-state index is 11.8. The highest BCUT2D eigenvalue weighted by Gasteiger charge is 2.12. The first-order valence-corrected chi connectivity index (χ1v) is 6.53. The van der Waals surface area contributed by atoms with Gasteiger partial charge in [0.1, 0.15) is 0 Å². The van der Waals surface area contributed by atoms with Crippen molar-refractivity contribution in [2.75, 3.05) is 6.61 Å². The lowest BCUT2D eigenvalue weighted by molar-refractivity contribution is 0.0915. The van der Waals surface area contributed by atoms with E-state index in [0.717, 1.165) is 8.95 Å². The van der Waals surface area contributed by atoms with Gasteiger partial charge in [0.15, 0.2) is 0 Å². The third-order valence-corrected chi connectivity index (χ3v) is 3.09. The van der Waals surface area contributed by atoms with E-state index < -0.39 is 0 Å². The Morgan fingerprint density at radius 1 is 1.38 bits per heavy atom. The maximum absolute atomic E-state index is 11.8. The standard InChI is InChI=1S/C11H13Br2NO2/c1-2-10(6-15)14-11(16)7-3-8(12)5-9(13)4-7/h3-5,10,15H,2,6H2,1H3,(H,14,16)/t10-/m0/s1. The van der Waals surface area contributed by atoms with E-state index in [4.69, 9.17) is 5.11 Å². The molecule has 2 N–H and O–H groups in total. The first-order valence-electron chi connectivity index (χ1n) is 4.94. The minimum atomic E-state index is -0.190. The van der Waals surface area contributed by atoms with Gasteiger partial charge in [0, 0.05) is 14.5 Å². The van der Waals surface area contributed by atoms with Crippen molar-refractivity contribution in [2.24, 2.45) is 0 Å². The average molecular weight is 351 g/mol. The number of carbonyl (C=O) groups is 1. The molecule has 0 bridgehead atoms. The number of rotatable bonds is 4. The van der Waals surface area contributed by atoms with Crippen molar-refractivity contribution in [3.63, 3.8) is 0 Å². The number of amides is 1. The van der Waals surface area contributed by atoms with E-state index in [-0.39, 0.29) is 18.6 Å². The van der Waals surface area contributed by atoms with E-state index in [0.29, 0.717) is 12.0 Å². The predicted molar refractivity (Wildman–Crippen MR) is 70.5 cm³/mol. The van der Waals surface area contributed by atoms with Gasteiger partial charge in [-0.2, -0.15) is 0 Å². The zero-order valence-electron chi connectivity index (χ0n) is 8.84. The molecular weight excluding hydrogens is 338 g/mol. The molecule has 1 aromatic carbocycles. The van der Waals surface area contributed by atoms with E-state index in [1.165, 1.54) is 0 Å². The third kappa shape index (κ3) is 3.88. The molecule has 5 heteroatoms. The molecule has 16 heavy (non-hydrogen) atoms. The lowest BCUT2D eigenvalue weighted by atomic mass is 10.2. The molecule has 0 spiro atoms. The zero-order valence-corrected chi connectivity index (χ0v) is 12.0. The van der Waals surface area contributed by atoms with Crippen molar-refractivity contribution in [1.82, 2.24) is 5.32 Å². The van der Waals surface area contributed by atoms with Gasteiger partial charge in [-0.05, 0) is 24.6 Å². The molecule has 0 saturated carbocycles. The second-order valence-electron chi connectivity index (χ2n) is 3.42. The number of aliphatic hydroxyl groups excluding tert-OH is 1. The lowest BCUT2D eigenvalue weighted by Crippen LogP contribution is -2.36. The predicted octanol–water partition coefficient (Wildman–Crippen LogP) is 2.71. The molecule has 0 radical (unpaired) electrons. The summed E-state index contributed by atoms with van der Waals surface area (Å²) in [5, 5.41) is 11.8. The van der Waals surface area contributed by atoms with Crippen LogP contribution in [0.5, 0.6) is 0 Å². The molecule has 3 nitrogen and oxygen atoms in total. The summed E-state index contributed by atoms with van der Waals surface area (Å²) in [7, 11) is 0. The lowest BCUT2D eigenvalue weighted by Gasteiger charge is -2.14. The average Bonchev–Trinajstić information content (AvgIpc) is 2.24. The fourth-order valence-corrected chi connectivity index (χ4v) is 2.52. The Hall–Kier alpha value is -0.390. The maximum Gasteiger partial charge on any atom is 0.251 e. The highest BCUT2D eigenvalue weighted by molar-refractivity contribution is 9.11. The Labute approximate surface area is 111 Å². The van der Waals surface area contributed by atoms with Gasteiger partial charge in [-0.3, -0.25) is 4.79 Å². The number of benzene rings is 1. The molecule has 0 aromatic heterocycles. The van der Waals surface area contributed by atoms with Crippen LogP contribution in [-0.4, -0.2) is 23.7 Å². The molecule has 1 aromatic rings. The van der Waals surface area contributed by atoms with Crippen molar-refractivity contribution >= 4 is 37.8 Å². The summed E-state index contributed by atoms with van der Waals surface area (Å²) in [5.41, 5.74) is 0.563. The Kier molecular flexibility index (Phi) is 5.44. The summed E-state index contributed by atoms with van der Waals surface area (Å²) in [5.74, 6) is -0.178. The summed E-state index contributed by atoms with van der Waals surface area (Å²) in [6.45, 7) is 1.87. The van der Waals surface area contributed by atoms with Crippen LogP contribution in [0.15, 0.2) is 27.1 Å². The van der Waals surface area contributed by atoms with Gasteiger partial charge in [-0.15, -0.1) is 0 Å². The Bertz CT molecular complexity index is 358. The molecule has 1 atom stereocenters. The normalized spacial score (nSPS) is 12.2. The molecule has 0 fully saturated rings. The van der Waals surface area contributed by atoms with Crippen LogP contribution >= 0.6 is 31.9 Å². The largest absolute Gasteiger partial charge is 0.394 e. The van der Waals surface area contributed by atoms with Gasteiger partial charge < -0.3 is 10.4 Å². The van der Waals surface area contributed by atoms with Crippen LogP contribution in [0.3, 0.4) is 0 Å². The van der Waals surface area contributed by atoms with Crippen LogP contribution < -0.4 is 5.32 Å². The molecule has 0 saturated heterocycles. The summed E-state index contributed by atoms with van der Waals surface area (Å²) < 4.78 is 1.67. The van der Waals surface area contributed by atoms with Gasteiger partial charge in [0.05, 0.1) is 12.6 Å². The SMILES string of the molecule is CC[C@@H](CO)NC(=O)c1cc(Br)cc(Br)c1. The Balaban J connectivity index is 2.80. The van der Waals surface area contributed by atoms with Gasteiger partial charge >= 0.3 is 0 Å². The van der Waals surface area contributed by atoms with E-state index >= 15 is 0 Å². The zero-order chi connectivity index (χ0) is 12.1. The van der Waals surface area contributed by atoms with Crippen LogP contribution in [0.1, 0.15) is 23.7 Å². The summed E-state index contributed by atoms with van der Waals surface area (Å²) >= 11 is 6.64. The highest BCUT2D eigenvalue weighted by Crippen LogP contribution is 2.20. The van der Waals surface area contributed by atoms with Gasteiger partial charge in [-0.25, -0.2) is 0 Å². The fraction of sp³-hybridized carbons (Fsp3) is 0.364. The molecule has 0 aliphatic heterocycles. The molecule has 0 unspecified atom stereocenters. The Morgan fingerprint density at radius 2 is 1.94 bits per heavy atom. The van der Waals surface area contributed by atoms with E-state index in [2.05, 4.69) is 37.2 Å². The fourth-order valence-electron chi connectivity index (χ4n) is 1.23. The molecule has 0 aliphatic rings. The van der Waals surface area contributed by atoms with Gasteiger partial charge in [0.2, 0.25) is 0 Å². The number of halogens is 2. The second kappa shape index (κ2) is 6.37. The summed E-state index contributed by atoms with van der Waals surface area (Å²) in [6.07, 6.45) is 0.706. The van der Waals surface area contributed by atoms with Crippen molar-refractivity contribution in [2.45, 2.75) is 19.4 Å². The van der Waals surface area contributed by atoms with Crippen LogP contribution in [0.2, 0.25) is 0 Å². The van der Waals surface area contributed by atoms with Crippen molar-refractivity contribution in [1.29, 1.82) is 0 Å². The topological polar surface area (TPSA) is 49.3 Å². The highest BCUT2D eigenvalue weighted by atomic mass is 79.9. The minimum absolute atomic E-state index is 0.0442. The van der Waals surface area contributed by atoms with Crippen molar-refractivity contribution in [3.8, 4) is 0 Å². The molecule has 0 heterocycles. The number of hydrogen-bond donors (Lipinski definition) is 2. The Morgan fingerprint density at radius 3 is 2.38 bits per heavy atom. The number of carbonyl (C=O) groups excluding carboxylic acids is 1. The molecule has 1 amide bonds. The van der Waals surface area contributed by atoms with Gasteiger partial charge in [-0.1, -0.05) is 38.8 Å².